The molecule has 4 heteroatoms. The Morgan fingerprint density at radius 1 is 1.54 bits per heavy atom. The van der Waals surface area contributed by atoms with Crippen LogP contribution < -0.4 is 5.43 Å². The molecule has 1 heterocycles. The van der Waals surface area contributed by atoms with Crippen LogP contribution in [0.25, 0.3) is 0 Å². The van der Waals surface area contributed by atoms with Crippen LogP contribution in [-0.4, -0.2) is 24.0 Å². The summed E-state index contributed by atoms with van der Waals surface area (Å²) >= 11 is 1.74. The van der Waals surface area contributed by atoms with E-state index in [4.69, 9.17) is 5.11 Å². The highest BCUT2D eigenvalue weighted by Crippen LogP contribution is 2.27. The number of nitrogens with zero attached hydrogens (tertiary/aromatic N) is 1. The standard InChI is InChI=1S/C9H12N2OS/c12-5-4-10-11-8-2-1-7-3-6-13-9(7)8/h3,6,10,12H,1-2,4-5H2/b11-8-. The Balaban J connectivity index is 2.07. The largest absolute Gasteiger partial charge is 0.394 e. The molecule has 70 valence electrons. The number of aliphatic hydroxyl groups excluding tert-OH is 1. The molecule has 2 N–H and O–H groups in total. The number of fused-ring (bicyclic) bond motifs is 1. The third-order valence-electron chi connectivity index (χ3n) is 2.08. The second-order valence-corrected chi connectivity index (χ2v) is 3.88. The van der Waals surface area contributed by atoms with Gasteiger partial charge in [-0.1, -0.05) is 0 Å². The van der Waals surface area contributed by atoms with Crippen LogP contribution in [0.15, 0.2) is 16.5 Å². The summed E-state index contributed by atoms with van der Waals surface area (Å²) in [6.45, 7) is 0.665. The minimum Gasteiger partial charge on any atom is -0.394 e. The van der Waals surface area contributed by atoms with Gasteiger partial charge in [0.05, 0.1) is 23.7 Å². The van der Waals surface area contributed by atoms with Crippen LogP contribution in [0.2, 0.25) is 0 Å². The summed E-state index contributed by atoms with van der Waals surface area (Å²) in [4.78, 5) is 1.31. The molecule has 0 saturated heterocycles. The van der Waals surface area contributed by atoms with E-state index >= 15 is 0 Å². The molecule has 0 aromatic carbocycles. The molecule has 1 aromatic heterocycles. The van der Waals surface area contributed by atoms with Gasteiger partial charge >= 0.3 is 0 Å². The Hall–Kier alpha value is -0.870. The number of aryl methyl sites for hydroxylation is 1. The maximum Gasteiger partial charge on any atom is 0.0780 e. The predicted molar refractivity (Wildman–Crippen MR) is 54.3 cm³/mol. The van der Waals surface area contributed by atoms with Gasteiger partial charge in [0.2, 0.25) is 0 Å². The van der Waals surface area contributed by atoms with Crippen LogP contribution in [0, 0.1) is 0 Å². The second kappa shape index (κ2) is 3.89. The lowest BCUT2D eigenvalue weighted by Crippen LogP contribution is -2.13. The van der Waals surface area contributed by atoms with Crippen molar-refractivity contribution >= 4 is 17.0 Å². The first-order valence-electron chi connectivity index (χ1n) is 4.39. The van der Waals surface area contributed by atoms with Crippen LogP contribution in [-0.2, 0) is 6.42 Å². The van der Waals surface area contributed by atoms with E-state index in [1.54, 1.807) is 11.3 Å². The summed E-state index contributed by atoms with van der Waals surface area (Å²) in [6.07, 6.45) is 2.14. The lowest BCUT2D eigenvalue weighted by atomic mass is 10.3. The summed E-state index contributed by atoms with van der Waals surface area (Å²) in [6, 6.07) is 2.16. The van der Waals surface area contributed by atoms with E-state index in [1.807, 2.05) is 0 Å². The molecule has 0 amide bonds. The van der Waals surface area contributed by atoms with Crippen molar-refractivity contribution in [1.29, 1.82) is 0 Å². The van der Waals surface area contributed by atoms with E-state index in [0.717, 1.165) is 18.6 Å². The van der Waals surface area contributed by atoms with Crippen molar-refractivity contribution in [3.8, 4) is 0 Å². The van der Waals surface area contributed by atoms with Gasteiger partial charge in [-0.15, -0.1) is 11.3 Å². The monoisotopic (exact) mass is 196 g/mol. The number of hydrogen-bond acceptors (Lipinski definition) is 4. The number of hydrazone groups is 1. The van der Waals surface area contributed by atoms with Gasteiger partial charge in [-0.2, -0.15) is 5.10 Å². The van der Waals surface area contributed by atoms with E-state index in [1.165, 1.54) is 10.4 Å². The molecule has 13 heavy (non-hydrogen) atoms. The molecule has 2 rings (SSSR count). The number of aliphatic hydroxyl groups is 1. The lowest BCUT2D eigenvalue weighted by molar-refractivity contribution is 0.293. The summed E-state index contributed by atoms with van der Waals surface area (Å²) < 4.78 is 0. The molecule has 0 atom stereocenters. The van der Waals surface area contributed by atoms with Crippen molar-refractivity contribution in [3.63, 3.8) is 0 Å². The van der Waals surface area contributed by atoms with Gasteiger partial charge in [0.15, 0.2) is 0 Å². The zero-order valence-electron chi connectivity index (χ0n) is 7.29. The Kier molecular flexibility index (Phi) is 2.61. The Bertz CT molecular complexity index is 319. The number of nitrogens with one attached hydrogen (secondary N) is 1. The van der Waals surface area contributed by atoms with Crippen molar-refractivity contribution < 1.29 is 5.11 Å². The quantitative estimate of drug-likeness (QED) is 0.559. The molecule has 0 bridgehead atoms. The highest BCUT2D eigenvalue weighted by molar-refractivity contribution is 7.12. The van der Waals surface area contributed by atoms with Crippen molar-refractivity contribution in [1.82, 2.24) is 5.43 Å². The number of hydrogen-bond donors (Lipinski definition) is 2. The summed E-state index contributed by atoms with van der Waals surface area (Å²) in [7, 11) is 0. The molecular weight excluding hydrogens is 184 g/mol. The van der Waals surface area contributed by atoms with Crippen LogP contribution in [0.1, 0.15) is 16.9 Å². The van der Waals surface area contributed by atoms with Crippen molar-refractivity contribution in [2.45, 2.75) is 12.8 Å². The van der Waals surface area contributed by atoms with E-state index < -0.39 is 0 Å². The zero-order valence-corrected chi connectivity index (χ0v) is 8.10. The third-order valence-corrected chi connectivity index (χ3v) is 3.08. The van der Waals surface area contributed by atoms with E-state index in [9.17, 15) is 0 Å². The van der Waals surface area contributed by atoms with Crippen molar-refractivity contribution in [3.05, 3.63) is 21.9 Å². The molecule has 0 fully saturated rings. The average Bonchev–Trinajstić information content (AvgIpc) is 2.68. The first-order chi connectivity index (χ1) is 6.42. The molecule has 1 aromatic rings. The van der Waals surface area contributed by atoms with Gasteiger partial charge in [-0.05, 0) is 29.9 Å². The smallest absolute Gasteiger partial charge is 0.0780 e. The average molecular weight is 196 g/mol. The second-order valence-electron chi connectivity index (χ2n) is 2.97. The highest BCUT2D eigenvalue weighted by atomic mass is 32.1. The topological polar surface area (TPSA) is 44.6 Å². The van der Waals surface area contributed by atoms with Gasteiger partial charge < -0.3 is 10.5 Å². The fourth-order valence-corrected chi connectivity index (χ4v) is 2.43. The van der Waals surface area contributed by atoms with E-state index in [2.05, 4.69) is 22.0 Å². The van der Waals surface area contributed by atoms with Crippen LogP contribution in [0.3, 0.4) is 0 Å². The molecule has 0 unspecified atom stereocenters. The minimum atomic E-state index is 0.133. The molecule has 0 spiro atoms. The van der Waals surface area contributed by atoms with Crippen molar-refractivity contribution in [2.24, 2.45) is 5.10 Å². The summed E-state index contributed by atoms with van der Waals surface area (Å²) in [5.74, 6) is 0. The van der Waals surface area contributed by atoms with Gasteiger partial charge in [-0.25, -0.2) is 0 Å². The molecule has 0 radical (unpaired) electrons. The SMILES string of the molecule is OCCN/N=C1/CCc2ccsc21. The van der Waals surface area contributed by atoms with Crippen LogP contribution in [0.4, 0.5) is 0 Å². The van der Waals surface area contributed by atoms with Gasteiger partial charge in [0.25, 0.3) is 0 Å². The number of thiophene rings is 1. The molecule has 0 saturated carbocycles. The van der Waals surface area contributed by atoms with Crippen molar-refractivity contribution in [2.75, 3.05) is 13.2 Å². The fourth-order valence-electron chi connectivity index (χ4n) is 1.46. The summed E-state index contributed by atoms with van der Waals surface area (Å²) in [5, 5.41) is 14.9. The molecule has 0 aliphatic heterocycles. The maximum atomic E-state index is 8.57. The van der Waals surface area contributed by atoms with Gasteiger partial charge in [0.1, 0.15) is 0 Å². The molecular formula is C9H12N2OS. The van der Waals surface area contributed by atoms with Crippen LogP contribution >= 0.6 is 11.3 Å². The Morgan fingerprint density at radius 3 is 3.31 bits per heavy atom. The zero-order chi connectivity index (χ0) is 9.10. The first kappa shape index (κ1) is 8.72. The third kappa shape index (κ3) is 1.73. The first-order valence-corrected chi connectivity index (χ1v) is 5.27. The fraction of sp³-hybridized carbons (Fsp3) is 0.444. The van der Waals surface area contributed by atoms with E-state index in [-0.39, 0.29) is 6.61 Å². The maximum absolute atomic E-state index is 8.57. The Morgan fingerprint density at radius 2 is 2.46 bits per heavy atom. The van der Waals surface area contributed by atoms with Gasteiger partial charge in [-0.3, -0.25) is 0 Å². The van der Waals surface area contributed by atoms with Gasteiger partial charge in [0, 0.05) is 0 Å². The van der Waals surface area contributed by atoms with Crippen LogP contribution in [0.5, 0.6) is 0 Å². The predicted octanol–water partition coefficient (Wildman–Crippen LogP) is 0.980. The highest BCUT2D eigenvalue weighted by Gasteiger charge is 2.18. The number of rotatable bonds is 3. The summed E-state index contributed by atoms with van der Waals surface area (Å²) in [5.41, 5.74) is 5.40. The molecule has 1 aliphatic rings. The molecule has 1 aliphatic carbocycles. The lowest BCUT2D eigenvalue weighted by Gasteiger charge is -1.98. The minimum absolute atomic E-state index is 0.133. The normalized spacial score (nSPS) is 17.8. The Labute approximate surface area is 81.1 Å². The van der Waals surface area contributed by atoms with E-state index in [0.29, 0.717) is 6.54 Å². The molecule has 3 nitrogen and oxygen atoms in total.